The fourth-order valence-electron chi connectivity index (χ4n) is 3.22. The summed E-state index contributed by atoms with van der Waals surface area (Å²) in [4.78, 5) is 11.4. The van der Waals surface area contributed by atoms with Gasteiger partial charge in [0.25, 0.3) is 0 Å². The molecule has 1 aliphatic heterocycles. The van der Waals surface area contributed by atoms with Crippen LogP contribution in [-0.4, -0.2) is 47.2 Å². The van der Waals surface area contributed by atoms with Crippen molar-refractivity contribution in [2.45, 2.75) is 13.8 Å². The number of anilines is 2. The predicted molar refractivity (Wildman–Crippen MR) is 105 cm³/mol. The highest BCUT2D eigenvalue weighted by molar-refractivity contribution is 5.71. The number of imidazole rings is 1. The summed E-state index contributed by atoms with van der Waals surface area (Å²) in [6.07, 6.45) is 5.71. The van der Waals surface area contributed by atoms with Gasteiger partial charge in [0, 0.05) is 43.3 Å². The first-order valence-electron chi connectivity index (χ1n) is 9.21. The Hall–Kier alpha value is -2.60. The Morgan fingerprint density at radius 2 is 1.88 bits per heavy atom. The molecule has 26 heavy (non-hydrogen) atoms. The highest BCUT2D eigenvalue weighted by Crippen LogP contribution is 2.26. The normalized spacial score (nSPS) is 15.0. The van der Waals surface area contributed by atoms with Gasteiger partial charge >= 0.3 is 0 Å². The quantitative estimate of drug-likeness (QED) is 0.764. The third kappa shape index (κ3) is 3.37. The van der Waals surface area contributed by atoms with Crippen LogP contribution in [0.25, 0.3) is 16.9 Å². The maximum absolute atomic E-state index is 5.43. The Kier molecular flexibility index (Phi) is 4.75. The molecule has 0 atom stereocenters. The van der Waals surface area contributed by atoms with E-state index in [-0.39, 0.29) is 0 Å². The molecule has 0 saturated carbocycles. The Balaban J connectivity index is 1.61. The van der Waals surface area contributed by atoms with E-state index in [0.717, 1.165) is 55.6 Å². The van der Waals surface area contributed by atoms with Crippen LogP contribution in [0.15, 0.2) is 42.9 Å². The molecule has 2 aromatic heterocycles. The second-order valence-corrected chi connectivity index (χ2v) is 7.03. The van der Waals surface area contributed by atoms with Crippen LogP contribution < -0.4 is 10.2 Å². The van der Waals surface area contributed by atoms with Crippen molar-refractivity contribution < 1.29 is 4.74 Å². The lowest BCUT2D eigenvalue weighted by Crippen LogP contribution is -2.36. The molecule has 0 bridgehead atoms. The molecule has 6 heteroatoms. The summed E-state index contributed by atoms with van der Waals surface area (Å²) in [5.74, 6) is 1.39. The Labute approximate surface area is 153 Å². The first-order valence-corrected chi connectivity index (χ1v) is 9.21. The van der Waals surface area contributed by atoms with E-state index in [1.54, 1.807) is 0 Å². The SMILES string of the molecule is CC(C)CNc1nccn2c(-c3ccc(N4CCOCC4)cc3)cnc12. The van der Waals surface area contributed by atoms with E-state index in [4.69, 9.17) is 4.74 Å². The molecule has 6 nitrogen and oxygen atoms in total. The average molecular weight is 351 g/mol. The minimum Gasteiger partial charge on any atom is -0.378 e. The summed E-state index contributed by atoms with van der Waals surface area (Å²) in [7, 11) is 0. The zero-order chi connectivity index (χ0) is 17.9. The topological polar surface area (TPSA) is 54.7 Å². The predicted octanol–water partition coefficient (Wildman–Crippen LogP) is 3.30. The standard InChI is InChI=1S/C20H25N5O/c1-15(2)13-22-19-20-23-14-18(25(20)8-7-21-19)16-3-5-17(6-4-16)24-9-11-26-12-10-24/h3-8,14-15H,9-13H2,1-2H3,(H,21,22). The Morgan fingerprint density at radius 3 is 2.62 bits per heavy atom. The van der Waals surface area contributed by atoms with Gasteiger partial charge in [-0.1, -0.05) is 26.0 Å². The largest absolute Gasteiger partial charge is 0.378 e. The lowest BCUT2D eigenvalue weighted by atomic mass is 10.1. The van der Waals surface area contributed by atoms with Gasteiger partial charge in [0.05, 0.1) is 25.1 Å². The van der Waals surface area contributed by atoms with E-state index in [0.29, 0.717) is 5.92 Å². The van der Waals surface area contributed by atoms with Crippen molar-refractivity contribution in [3.05, 3.63) is 42.9 Å². The van der Waals surface area contributed by atoms with Crippen LogP contribution >= 0.6 is 0 Å². The number of benzene rings is 1. The van der Waals surface area contributed by atoms with Gasteiger partial charge in [0.1, 0.15) is 0 Å². The van der Waals surface area contributed by atoms with E-state index in [1.165, 1.54) is 5.69 Å². The van der Waals surface area contributed by atoms with Crippen LogP contribution in [0.5, 0.6) is 0 Å². The second-order valence-electron chi connectivity index (χ2n) is 7.03. The molecule has 3 aromatic rings. The van der Waals surface area contributed by atoms with Crippen LogP contribution in [0.3, 0.4) is 0 Å². The number of rotatable bonds is 5. The van der Waals surface area contributed by atoms with Gasteiger partial charge in [-0.05, 0) is 18.1 Å². The molecule has 0 aliphatic carbocycles. The van der Waals surface area contributed by atoms with Gasteiger partial charge in [-0.15, -0.1) is 0 Å². The molecular formula is C20H25N5O. The molecule has 0 amide bonds. The minimum absolute atomic E-state index is 0.555. The third-order valence-corrected chi connectivity index (χ3v) is 4.65. The van der Waals surface area contributed by atoms with Gasteiger partial charge < -0.3 is 15.0 Å². The molecule has 3 heterocycles. The number of hydrogen-bond donors (Lipinski definition) is 1. The van der Waals surface area contributed by atoms with Gasteiger partial charge in [-0.2, -0.15) is 0 Å². The molecule has 4 rings (SSSR count). The van der Waals surface area contributed by atoms with Crippen molar-refractivity contribution in [1.82, 2.24) is 14.4 Å². The zero-order valence-corrected chi connectivity index (χ0v) is 15.4. The lowest BCUT2D eigenvalue weighted by molar-refractivity contribution is 0.122. The number of ether oxygens (including phenoxy) is 1. The Bertz CT molecular complexity index is 866. The van der Waals surface area contributed by atoms with Crippen molar-refractivity contribution in [2.24, 2.45) is 5.92 Å². The molecule has 1 N–H and O–H groups in total. The molecular weight excluding hydrogens is 326 g/mol. The number of fused-ring (bicyclic) bond motifs is 1. The van der Waals surface area contributed by atoms with Crippen molar-refractivity contribution >= 4 is 17.2 Å². The lowest BCUT2D eigenvalue weighted by Gasteiger charge is -2.28. The van der Waals surface area contributed by atoms with Gasteiger partial charge in [0.2, 0.25) is 0 Å². The van der Waals surface area contributed by atoms with E-state index >= 15 is 0 Å². The van der Waals surface area contributed by atoms with Crippen LogP contribution in [0, 0.1) is 5.92 Å². The maximum atomic E-state index is 5.43. The maximum Gasteiger partial charge on any atom is 0.180 e. The first kappa shape index (κ1) is 16.8. The zero-order valence-electron chi connectivity index (χ0n) is 15.4. The summed E-state index contributed by atoms with van der Waals surface area (Å²) in [6.45, 7) is 8.74. The van der Waals surface area contributed by atoms with E-state index < -0.39 is 0 Å². The van der Waals surface area contributed by atoms with E-state index in [1.807, 2.05) is 18.6 Å². The second kappa shape index (κ2) is 7.33. The number of hydrogen-bond acceptors (Lipinski definition) is 5. The molecule has 136 valence electrons. The van der Waals surface area contributed by atoms with E-state index in [9.17, 15) is 0 Å². The molecule has 1 saturated heterocycles. The van der Waals surface area contributed by atoms with E-state index in [2.05, 4.69) is 62.7 Å². The number of nitrogens with zero attached hydrogens (tertiary/aromatic N) is 4. The number of nitrogens with one attached hydrogen (secondary N) is 1. The van der Waals surface area contributed by atoms with Crippen LogP contribution in [0.2, 0.25) is 0 Å². The summed E-state index contributed by atoms with van der Waals surface area (Å²) in [5, 5.41) is 3.39. The summed E-state index contributed by atoms with van der Waals surface area (Å²) in [6, 6.07) is 8.68. The fourth-order valence-corrected chi connectivity index (χ4v) is 3.22. The molecule has 1 fully saturated rings. The smallest absolute Gasteiger partial charge is 0.180 e. The molecule has 0 radical (unpaired) electrons. The van der Waals surface area contributed by atoms with Crippen LogP contribution in [0.1, 0.15) is 13.8 Å². The number of morpholine rings is 1. The monoisotopic (exact) mass is 351 g/mol. The average Bonchev–Trinajstić information content (AvgIpc) is 3.12. The molecule has 0 unspecified atom stereocenters. The van der Waals surface area contributed by atoms with Crippen molar-refractivity contribution in [3.8, 4) is 11.3 Å². The van der Waals surface area contributed by atoms with Crippen molar-refractivity contribution in [2.75, 3.05) is 43.1 Å². The summed E-state index contributed by atoms with van der Waals surface area (Å²) in [5.41, 5.74) is 4.33. The third-order valence-electron chi connectivity index (χ3n) is 4.65. The van der Waals surface area contributed by atoms with Gasteiger partial charge in [-0.3, -0.25) is 4.40 Å². The van der Waals surface area contributed by atoms with Crippen molar-refractivity contribution in [3.63, 3.8) is 0 Å². The molecule has 0 spiro atoms. The molecule has 1 aliphatic rings. The van der Waals surface area contributed by atoms with Crippen molar-refractivity contribution in [1.29, 1.82) is 0 Å². The summed E-state index contributed by atoms with van der Waals surface area (Å²) >= 11 is 0. The fraction of sp³-hybridized carbons (Fsp3) is 0.400. The van der Waals surface area contributed by atoms with Crippen LogP contribution in [0.4, 0.5) is 11.5 Å². The van der Waals surface area contributed by atoms with Gasteiger partial charge in [-0.25, -0.2) is 9.97 Å². The highest BCUT2D eigenvalue weighted by Gasteiger charge is 2.13. The first-order chi connectivity index (χ1) is 12.7. The Morgan fingerprint density at radius 1 is 1.12 bits per heavy atom. The number of aromatic nitrogens is 3. The molecule has 1 aromatic carbocycles. The highest BCUT2D eigenvalue weighted by atomic mass is 16.5. The van der Waals surface area contributed by atoms with Crippen LogP contribution in [-0.2, 0) is 4.74 Å². The summed E-state index contributed by atoms with van der Waals surface area (Å²) < 4.78 is 7.53. The van der Waals surface area contributed by atoms with Gasteiger partial charge in [0.15, 0.2) is 11.5 Å². The minimum atomic E-state index is 0.555.